The van der Waals surface area contributed by atoms with Gasteiger partial charge in [0, 0.05) is 24.0 Å². The van der Waals surface area contributed by atoms with Gasteiger partial charge in [-0.25, -0.2) is 9.35 Å². The molecular formula is C31H34N8O6S2. The quantitative estimate of drug-likeness (QED) is 0.303. The number of esters is 2. The Morgan fingerprint density at radius 3 is 1.64 bits per heavy atom. The topological polar surface area (TPSA) is 157 Å². The standard InChI is InChI=1S/C31H34N8O6S2/c1-3-42-28(40)26-24-18-10-5-7-12-20(18)44-16-17-45-21-13-8-6-11-19(21)25-27(29(41)43-4-2)47-31-35-33-23(39(31)37-25)15-9-14-22-32-34-30(46-26)38(22)36-24/h5-8,10-13,24-27,36-37H,3-4,9,14-17H2,1-2H3. The van der Waals surface area contributed by atoms with Gasteiger partial charge in [0.1, 0.15) is 35.2 Å². The number of fused-ring (bicyclic) bond motifs is 6. The van der Waals surface area contributed by atoms with E-state index in [1.165, 1.54) is 23.5 Å². The van der Waals surface area contributed by atoms with Gasteiger partial charge in [-0.05, 0) is 32.4 Å². The molecule has 0 amide bonds. The van der Waals surface area contributed by atoms with Crippen LogP contribution in [0.15, 0.2) is 58.8 Å². The van der Waals surface area contributed by atoms with Crippen LogP contribution < -0.4 is 20.3 Å². The lowest BCUT2D eigenvalue weighted by atomic mass is 10.0. The minimum Gasteiger partial charge on any atom is -0.490 e. The van der Waals surface area contributed by atoms with Crippen LogP contribution in [0.5, 0.6) is 11.5 Å². The zero-order chi connectivity index (χ0) is 32.3. The summed E-state index contributed by atoms with van der Waals surface area (Å²) < 4.78 is 27.2. The molecule has 2 aromatic carbocycles. The van der Waals surface area contributed by atoms with Crippen molar-refractivity contribution in [3.63, 3.8) is 0 Å². The molecule has 2 N–H and O–H groups in total. The Kier molecular flexibility index (Phi) is 9.11. The fraction of sp³-hybridized carbons (Fsp3) is 0.419. The Balaban J connectivity index is 1.26. The molecule has 0 spiro atoms. The highest BCUT2D eigenvalue weighted by atomic mass is 32.2. The van der Waals surface area contributed by atoms with Crippen LogP contribution in [0.1, 0.15) is 55.1 Å². The van der Waals surface area contributed by atoms with Crippen molar-refractivity contribution in [2.45, 2.75) is 66.0 Å². The Morgan fingerprint density at radius 1 is 0.745 bits per heavy atom. The molecule has 14 nitrogen and oxygen atoms in total. The highest BCUT2D eigenvalue weighted by Gasteiger charge is 2.41. The summed E-state index contributed by atoms with van der Waals surface area (Å²) in [7, 11) is 0. The number of para-hydroxylation sites is 2. The second-order valence-corrected chi connectivity index (χ2v) is 13.1. The maximum Gasteiger partial charge on any atom is 0.322 e. The fourth-order valence-electron chi connectivity index (χ4n) is 5.84. The number of hydrogen-bond acceptors (Lipinski definition) is 14. The predicted octanol–water partition coefficient (Wildman–Crippen LogP) is 3.46. The normalized spacial score (nSPS) is 21.8. The second kappa shape index (κ2) is 13.7. The summed E-state index contributed by atoms with van der Waals surface area (Å²) in [4.78, 5) is 26.4. The molecule has 4 bridgehead atoms. The van der Waals surface area contributed by atoms with Crippen molar-refractivity contribution >= 4 is 35.5 Å². The lowest BCUT2D eigenvalue weighted by Crippen LogP contribution is -2.40. The van der Waals surface area contributed by atoms with Gasteiger partial charge in [-0.3, -0.25) is 9.59 Å². The van der Waals surface area contributed by atoms with Crippen LogP contribution in [0.2, 0.25) is 0 Å². The third-order valence-electron chi connectivity index (χ3n) is 7.95. The largest absolute Gasteiger partial charge is 0.490 e. The van der Waals surface area contributed by atoms with Gasteiger partial charge in [-0.2, -0.15) is 0 Å². The zero-order valence-corrected chi connectivity index (χ0v) is 27.5. The molecule has 5 heterocycles. The number of carbonyl (C=O) groups excluding carboxylic acids is 2. The number of aromatic nitrogens is 6. The molecule has 4 atom stereocenters. The van der Waals surface area contributed by atoms with E-state index in [-0.39, 0.29) is 38.4 Å². The van der Waals surface area contributed by atoms with Gasteiger partial charge in [-0.1, -0.05) is 59.9 Å². The Labute approximate surface area is 279 Å². The minimum atomic E-state index is -0.618. The Morgan fingerprint density at radius 2 is 1.19 bits per heavy atom. The molecular weight excluding hydrogens is 645 g/mol. The van der Waals surface area contributed by atoms with E-state index in [9.17, 15) is 9.59 Å². The average Bonchev–Trinajstić information content (AvgIpc) is 3.68. The van der Waals surface area contributed by atoms with Gasteiger partial charge < -0.3 is 29.8 Å². The molecule has 4 unspecified atom stereocenters. The monoisotopic (exact) mass is 678 g/mol. The van der Waals surface area contributed by atoms with E-state index in [1.54, 1.807) is 13.8 Å². The molecule has 7 rings (SSSR count). The summed E-state index contributed by atoms with van der Waals surface area (Å²) in [6.07, 6.45) is 1.85. The maximum absolute atomic E-state index is 13.2. The predicted molar refractivity (Wildman–Crippen MR) is 173 cm³/mol. The SMILES string of the molecule is CCOC(=O)C1Sc2nnc3n2NC1c1ccccc1OCCOc1ccccc1C1Nn2c(nnc2SC1C(=O)OCC)CCC3. The summed E-state index contributed by atoms with van der Waals surface area (Å²) in [6.45, 7) is 4.56. The lowest BCUT2D eigenvalue weighted by Gasteiger charge is -2.33. The van der Waals surface area contributed by atoms with E-state index in [1.807, 2.05) is 57.9 Å². The van der Waals surface area contributed by atoms with Crippen LogP contribution in [-0.4, -0.2) is 78.6 Å². The molecule has 3 aliphatic rings. The molecule has 0 saturated heterocycles. The van der Waals surface area contributed by atoms with Crippen molar-refractivity contribution in [3.05, 3.63) is 71.3 Å². The molecule has 246 valence electrons. The van der Waals surface area contributed by atoms with Crippen LogP contribution in [-0.2, 0) is 31.9 Å². The van der Waals surface area contributed by atoms with E-state index >= 15 is 0 Å². The number of hydrogen-bond donors (Lipinski definition) is 2. The van der Waals surface area contributed by atoms with Gasteiger partial charge in [0.2, 0.25) is 10.3 Å². The fourth-order valence-corrected chi connectivity index (χ4v) is 8.01. The van der Waals surface area contributed by atoms with Gasteiger partial charge in [-0.15, -0.1) is 20.4 Å². The van der Waals surface area contributed by atoms with Crippen molar-refractivity contribution in [1.82, 2.24) is 29.7 Å². The summed E-state index contributed by atoms with van der Waals surface area (Å²) in [5.74, 6) is 1.98. The Bertz CT molecular complexity index is 1640. The molecule has 3 aliphatic heterocycles. The van der Waals surface area contributed by atoms with E-state index in [0.29, 0.717) is 41.1 Å². The summed E-state index contributed by atoms with van der Waals surface area (Å²) in [5, 5.41) is 17.6. The first kappa shape index (κ1) is 31.2. The smallest absolute Gasteiger partial charge is 0.322 e. The zero-order valence-electron chi connectivity index (χ0n) is 25.8. The number of benzene rings is 2. The molecule has 2 aromatic heterocycles. The molecule has 0 fully saturated rings. The number of thioether (sulfide) groups is 2. The second-order valence-electron chi connectivity index (χ2n) is 10.9. The lowest BCUT2D eigenvalue weighted by molar-refractivity contribution is -0.143. The van der Waals surface area contributed by atoms with Crippen LogP contribution >= 0.6 is 23.5 Å². The summed E-state index contributed by atoms with van der Waals surface area (Å²) in [6, 6.07) is 14.3. The third-order valence-corrected chi connectivity index (χ3v) is 10.3. The van der Waals surface area contributed by atoms with Crippen molar-refractivity contribution < 1.29 is 28.5 Å². The van der Waals surface area contributed by atoms with Gasteiger partial charge in [0.15, 0.2) is 11.6 Å². The number of ether oxygens (including phenoxy) is 4. The van der Waals surface area contributed by atoms with Gasteiger partial charge in [0.25, 0.3) is 0 Å². The molecule has 0 aliphatic carbocycles. The first-order valence-electron chi connectivity index (χ1n) is 15.6. The maximum atomic E-state index is 13.2. The molecule has 0 saturated carbocycles. The first-order chi connectivity index (χ1) is 23.1. The van der Waals surface area contributed by atoms with Crippen molar-refractivity contribution in [2.24, 2.45) is 0 Å². The number of rotatable bonds is 4. The molecule has 0 radical (unpaired) electrons. The van der Waals surface area contributed by atoms with Crippen molar-refractivity contribution in [3.8, 4) is 11.5 Å². The third kappa shape index (κ3) is 6.18. The molecule has 16 heteroatoms. The van der Waals surface area contributed by atoms with Crippen LogP contribution in [0.4, 0.5) is 0 Å². The number of carbonyl (C=O) groups is 2. The Hall–Kier alpha value is -4.44. The summed E-state index contributed by atoms with van der Waals surface area (Å²) in [5.41, 5.74) is 8.59. The average molecular weight is 679 g/mol. The number of aryl methyl sites for hydroxylation is 2. The number of nitrogens with one attached hydrogen (secondary N) is 2. The highest BCUT2D eigenvalue weighted by molar-refractivity contribution is 8.00. The van der Waals surface area contributed by atoms with Gasteiger partial charge in [0.05, 0.1) is 25.3 Å². The van der Waals surface area contributed by atoms with Gasteiger partial charge >= 0.3 is 11.9 Å². The van der Waals surface area contributed by atoms with E-state index < -0.39 is 22.6 Å². The van der Waals surface area contributed by atoms with E-state index in [0.717, 1.165) is 22.8 Å². The highest BCUT2D eigenvalue weighted by Crippen LogP contribution is 2.42. The van der Waals surface area contributed by atoms with Crippen LogP contribution in [0, 0.1) is 0 Å². The molecule has 47 heavy (non-hydrogen) atoms. The first-order valence-corrected chi connectivity index (χ1v) is 17.3. The summed E-state index contributed by atoms with van der Waals surface area (Å²) >= 11 is 2.64. The van der Waals surface area contributed by atoms with Crippen molar-refractivity contribution in [2.75, 3.05) is 37.3 Å². The van der Waals surface area contributed by atoms with E-state index in [4.69, 9.17) is 18.9 Å². The van der Waals surface area contributed by atoms with Crippen LogP contribution in [0.3, 0.4) is 0 Å². The number of nitrogens with zero attached hydrogens (tertiary/aromatic N) is 6. The van der Waals surface area contributed by atoms with Crippen molar-refractivity contribution in [1.29, 1.82) is 0 Å². The molecule has 4 aromatic rings. The van der Waals surface area contributed by atoms with Crippen LogP contribution in [0.25, 0.3) is 0 Å². The van der Waals surface area contributed by atoms with E-state index in [2.05, 4.69) is 31.2 Å². The minimum absolute atomic E-state index is 0.228.